The molecule has 0 aliphatic carbocycles. The van der Waals surface area contributed by atoms with Gasteiger partial charge in [-0.2, -0.15) is 10.2 Å². The van der Waals surface area contributed by atoms with Crippen LogP contribution in [0.4, 0.5) is 11.8 Å². The Balaban J connectivity index is 1.67. The van der Waals surface area contributed by atoms with Crippen molar-refractivity contribution in [2.75, 3.05) is 29.9 Å². The molecule has 8 nitrogen and oxygen atoms in total. The Morgan fingerprint density at radius 2 is 1.85 bits per heavy atom. The zero-order valence-corrected chi connectivity index (χ0v) is 20.3. The number of rotatable bonds is 6. The molecule has 8 heteroatoms. The molecule has 1 saturated heterocycles. The van der Waals surface area contributed by atoms with E-state index in [0.717, 1.165) is 25.9 Å². The molecule has 4 rings (SSSR count). The number of nitriles is 1. The minimum atomic E-state index is -1.02. The number of aromatic nitrogens is 2. The Kier molecular flexibility index (Phi) is 6.92. The van der Waals surface area contributed by atoms with Crippen LogP contribution in [0.3, 0.4) is 0 Å². The van der Waals surface area contributed by atoms with E-state index in [9.17, 15) is 14.9 Å². The number of nitrogens with zero attached hydrogens (tertiary/aromatic N) is 3. The number of H-pyrrole nitrogens is 1. The van der Waals surface area contributed by atoms with E-state index in [1.807, 2.05) is 24.3 Å². The van der Waals surface area contributed by atoms with Crippen molar-refractivity contribution in [3.63, 3.8) is 0 Å². The molecule has 4 atom stereocenters. The Labute approximate surface area is 200 Å². The number of hydrogen-bond acceptors (Lipinski definition) is 6. The second-order valence-electron chi connectivity index (χ2n) is 10.2. The average Bonchev–Trinajstić information content (AvgIpc) is 2.77. The van der Waals surface area contributed by atoms with E-state index >= 15 is 0 Å². The number of aromatic amines is 1. The van der Waals surface area contributed by atoms with Gasteiger partial charge in [-0.25, -0.2) is 0 Å². The largest absolute Gasteiger partial charge is 0.494 e. The highest BCUT2D eigenvalue weighted by Gasteiger charge is 2.40. The van der Waals surface area contributed by atoms with Gasteiger partial charge in [0.2, 0.25) is 11.9 Å². The predicted octanol–water partition coefficient (Wildman–Crippen LogP) is 3.90. The van der Waals surface area contributed by atoms with Crippen LogP contribution in [-0.4, -0.2) is 35.6 Å². The predicted molar refractivity (Wildman–Crippen MR) is 131 cm³/mol. The summed E-state index contributed by atoms with van der Waals surface area (Å²) in [5, 5.41) is 12.5. The number of fused-ring (bicyclic) bond motifs is 1. The molecule has 1 fully saturated rings. The quantitative estimate of drug-likeness (QED) is 0.672. The third-order valence-corrected chi connectivity index (χ3v) is 6.62. The molecule has 1 amide bonds. The molecular formula is C26H33N5O3. The van der Waals surface area contributed by atoms with Crippen molar-refractivity contribution in [1.29, 1.82) is 5.26 Å². The lowest BCUT2D eigenvalue weighted by Gasteiger charge is -2.36. The summed E-state index contributed by atoms with van der Waals surface area (Å²) in [5.41, 5.74) is 0.703. The number of anilines is 2. The van der Waals surface area contributed by atoms with Crippen LogP contribution in [0, 0.1) is 35.0 Å². The standard InChI is InChI=1S/C26H33N5O3/c1-15(2)9-10-34-19-7-5-18(6-8-19)21-20(12-27)24(32)28-23-22(21)25(33)30-26(29-23)31-13-16(3)11-17(4)14-31/h5-8,15-17,20-21H,9-11,13-14H2,1-4H3,(H2,28,29,30,32,33). The first-order valence-electron chi connectivity index (χ1n) is 12.1. The highest BCUT2D eigenvalue weighted by atomic mass is 16.5. The molecule has 34 heavy (non-hydrogen) atoms. The first kappa shape index (κ1) is 23.8. The van der Waals surface area contributed by atoms with E-state index < -0.39 is 17.7 Å². The van der Waals surface area contributed by atoms with E-state index in [2.05, 4.69) is 53.9 Å². The molecule has 2 aromatic rings. The van der Waals surface area contributed by atoms with Gasteiger partial charge in [0.15, 0.2) is 0 Å². The van der Waals surface area contributed by atoms with E-state index in [-0.39, 0.29) is 11.4 Å². The second kappa shape index (κ2) is 9.88. The molecule has 2 N–H and O–H groups in total. The molecule has 4 unspecified atom stereocenters. The van der Waals surface area contributed by atoms with Crippen molar-refractivity contribution < 1.29 is 9.53 Å². The average molecular weight is 464 g/mol. The molecule has 2 aliphatic heterocycles. The monoisotopic (exact) mass is 463 g/mol. The van der Waals surface area contributed by atoms with Gasteiger partial charge in [0.05, 0.1) is 18.2 Å². The van der Waals surface area contributed by atoms with Crippen molar-refractivity contribution >= 4 is 17.7 Å². The summed E-state index contributed by atoms with van der Waals surface area (Å²) in [6, 6.07) is 9.38. The smallest absolute Gasteiger partial charge is 0.258 e. The summed E-state index contributed by atoms with van der Waals surface area (Å²) in [5.74, 6) is 0.762. The molecule has 3 heterocycles. The number of ether oxygens (including phenoxy) is 1. The molecular weight excluding hydrogens is 430 g/mol. The number of carbonyl (C=O) groups excluding carboxylic acids is 1. The lowest BCUT2D eigenvalue weighted by Crippen LogP contribution is -2.42. The van der Waals surface area contributed by atoms with Crippen LogP contribution in [0.2, 0.25) is 0 Å². The summed E-state index contributed by atoms with van der Waals surface area (Å²) in [4.78, 5) is 35.8. The minimum absolute atomic E-state index is 0.239. The second-order valence-corrected chi connectivity index (χ2v) is 10.2. The lowest BCUT2D eigenvalue weighted by molar-refractivity contribution is -0.119. The van der Waals surface area contributed by atoms with Gasteiger partial charge in [0.25, 0.3) is 5.56 Å². The van der Waals surface area contributed by atoms with Crippen LogP contribution < -0.4 is 20.5 Å². The van der Waals surface area contributed by atoms with Crippen molar-refractivity contribution in [3.05, 3.63) is 45.7 Å². The highest BCUT2D eigenvalue weighted by molar-refractivity contribution is 5.98. The Hall–Kier alpha value is -3.34. The number of nitrogens with one attached hydrogen (secondary N) is 2. The number of amides is 1. The summed E-state index contributed by atoms with van der Waals surface area (Å²) in [7, 11) is 0. The van der Waals surface area contributed by atoms with Crippen LogP contribution in [0.25, 0.3) is 0 Å². The van der Waals surface area contributed by atoms with Crippen molar-refractivity contribution in [3.8, 4) is 11.8 Å². The maximum absolute atomic E-state index is 13.3. The number of piperidine rings is 1. The molecule has 180 valence electrons. The third-order valence-electron chi connectivity index (χ3n) is 6.62. The first-order valence-corrected chi connectivity index (χ1v) is 12.1. The van der Waals surface area contributed by atoms with Crippen LogP contribution in [-0.2, 0) is 4.79 Å². The van der Waals surface area contributed by atoms with Gasteiger partial charge in [-0.1, -0.05) is 39.8 Å². The normalized spacial score (nSPS) is 24.4. The molecule has 1 aromatic heterocycles. The topological polar surface area (TPSA) is 111 Å². The molecule has 1 aromatic carbocycles. The zero-order chi connectivity index (χ0) is 24.4. The molecule has 0 radical (unpaired) electrons. The molecule has 0 bridgehead atoms. The highest BCUT2D eigenvalue weighted by Crippen LogP contribution is 2.39. The van der Waals surface area contributed by atoms with E-state index in [4.69, 9.17) is 4.74 Å². The summed E-state index contributed by atoms with van der Waals surface area (Å²) in [6.45, 7) is 10.9. The van der Waals surface area contributed by atoms with E-state index in [1.54, 1.807) is 0 Å². The maximum atomic E-state index is 13.3. The van der Waals surface area contributed by atoms with Gasteiger partial charge in [-0.05, 0) is 48.3 Å². The number of benzene rings is 1. The summed E-state index contributed by atoms with van der Waals surface area (Å²) < 4.78 is 5.80. The van der Waals surface area contributed by atoms with Crippen LogP contribution in [0.1, 0.15) is 57.6 Å². The van der Waals surface area contributed by atoms with E-state index in [1.165, 1.54) is 0 Å². The molecule has 0 saturated carbocycles. The van der Waals surface area contributed by atoms with Gasteiger partial charge in [0, 0.05) is 19.0 Å². The van der Waals surface area contributed by atoms with Crippen LogP contribution >= 0.6 is 0 Å². The van der Waals surface area contributed by atoms with Crippen LogP contribution in [0.5, 0.6) is 5.75 Å². The minimum Gasteiger partial charge on any atom is -0.494 e. The number of hydrogen-bond donors (Lipinski definition) is 2. The van der Waals surface area contributed by atoms with Gasteiger partial charge in [-0.15, -0.1) is 0 Å². The fraction of sp³-hybridized carbons (Fsp3) is 0.538. The fourth-order valence-corrected chi connectivity index (χ4v) is 5.03. The van der Waals surface area contributed by atoms with E-state index in [0.29, 0.717) is 47.2 Å². The first-order chi connectivity index (χ1) is 16.3. The lowest BCUT2D eigenvalue weighted by atomic mass is 9.79. The molecule has 2 aliphatic rings. The summed E-state index contributed by atoms with van der Waals surface area (Å²) >= 11 is 0. The van der Waals surface area contributed by atoms with Gasteiger partial charge < -0.3 is 15.0 Å². The van der Waals surface area contributed by atoms with Gasteiger partial charge in [-0.3, -0.25) is 14.6 Å². The Morgan fingerprint density at radius 1 is 1.18 bits per heavy atom. The van der Waals surface area contributed by atoms with Crippen molar-refractivity contribution in [2.45, 2.75) is 46.5 Å². The molecule has 0 spiro atoms. The Bertz CT molecular complexity index is 1120. The van der Waals surface area contributed by atoms with Crippen LogP contribution in [0.15, 0.2) is 29.1 Å². The number of carbonyl (C=O) groups is 1. The van der Waals surface area contributed by atoms with Crippen molar-refractivity contribution in [1.82, 2.24) is 9.97 Å². The van der Waals surface area contributed by atoms with Gasteiger partial charge in [0.1, 0.15) is 17.5 Å². The maximum Gasteiger partial charge on any atom is 0.258 e. The zero-order valence-electron chi connectivity index (χ0n) is 20.3. The Morgan fingerprint density at radius 3 is 2.47 bits per heavy atom. The fourth-order valence-electron chi connectivity index (χ4n) is 5.03. The van der Waals surface area contributed by atoms with Gasteiger partial charge >= 0.3 is 0 Å². The summed E-state index contributed by atoms with van der Waals surface area (Å²) in [6.07, 6.45) is 2.08. The van der Waals surface area contributed by atoms with Crippen molar-refractivity contribution in [2.24, 2.45) is 23.7 Å². The third kappa shape index (κ3) is 4.93. The SMILES string of the molecule is CC(C)CCOc1ccc(C2c3c(nc(N4CC(C)CC(C)C4)[nH]c3=O)NC(=O)C2C#N)cc1.